The molecule has 1 unspecified atom stereocenters. The van der Waals surface area contributed by atoms with Gasteiger partial charge in [-0.05, 0) is 35.2 Å². The number of hydrogen-bond acceptors (Lipinski definition) is 2. The van der Waals surface area contributed by atoms with E-state index >= 15 is 0 Å². The molecule has 1 amide bonds. The van der Waals surface area contributed by atoms with Gasteiger partial charge in [0.15, 0.2) is 5.96 Å². The monoisotopic (exact) mass is 542 g/mol. The smallest absolute Gasteiger partial charge is 0.251 e. The number of halogens is 1. The van der Waals surface area contributed by atoms with Crippen molar-refractivity contribution in [3.05, 3.63) is 107 Å². The molecular formula is C26H31IN4O. The van der Waals surface area contributed by atoms with Crippen molar-refractivity contribution in [3.63, 3.8) is 0 Å². The van der Waals surface area contributed by atoms with E-state index in [4.69, 9.17) is 0 Å². The van der Waals surface area contributed by atoms with Gasteiger partial charge in [-0.25, -0.2) is 0 Å². The van der Waals surface area contributed by atoms with Crippen LogP contribution in [0.15, 0.2) is 89.9 Å². The molecule has 0 aliphatic rings. The van der Waals surface area contributed by atoms with E-state index in [1.54, 1.807) is 14.1 Å². The number of guanidine groups is 1. The van der Waals surface area contributed by atoms with Crippen molar-refractivity contribution in [1.29, 1.82) is 0 Å². The Balaban J connectivity index is 0.00000363. The lowest BCUT2D eigenvalue weighted by atomic mass is 9.92. The minimum absolute atomic E-state index is 0. The van der Waals surface area contributed by atoms with E-state index in [2.05, 4.69) is 69.5 Å². The van der Waals surface area contributed by atoms with E-state index in [0.29, 0.717) is 18.0 Å². The number of hydrogen-bond donors (Lipinski definition) is 3. The molecule has 3 N–H and O–H groups in total. The van der Waals surface area contributed by atoms with Gasteiger partial charge >= 0.3 is 0 Å². The van der Waals surface area contributed by atoms with Crippen LogP contribution in [0.1, 0.15) is 33.0 Å². The number of carbonyl (C=O) groups excluding carboxylic acids is 1. The predicted octanol–water partition coefficient (Wildman–Crippen LogP) is 4.36. The first-order valence-electron chi connectivity index (χ1n) is 10.5. The van der Waals surface area contributed by atoms with Crippen LogP contribution in [0, 0.1) is 0 Å². The lowest BCUT2D eigenvalue weighted by Gasteiger charge is -2.20. The molecule has 0 fully saturated rings. The minimum atomic E-state index is -0.0812. The number of rotatable bonds is 8. The van der Waals surface area contributed by atoms with Gasteiger partial charge in [-0.1, -0.05) is 72.8 Å². The molecule has 6 heteroatoms. The Morgan fingerprint density at radius 1 is 0.844 bits per heavy atom. The summed E-state index contributed by atoms with van der Waals surface area (Å²) in [5, 5.41) is 9.46. The van der Waals surface area contributed by atoms with Crippen molar-refractivity contribution in [2.24, 2.45) is 4.99 Å². The van der Waals surface area contributed by atoms with Crippen LogP contribution in [-0.4, -0.2) is 32.5 Å². The highest BCUT2D eigenvalue weighted by atomic mass is 127. The van der Waals surface area contributed by atoms with Crippen molar-refractivity contribution < 1.29 is 4.79 Å². The van der Waals surface area contributed by atoms with E-state index in [0.717, 1.165) is 24.5 Å². The van der Waals surface area contributed by atoms with Crippen LogP contribution in [0.2, 0.25) is 0 Å². The quantitative estimate of drug-likeness (QED) is 0.225. The Kier molecular flexibility index (Phi) is 10.7. The molecule has 5 nitrogen and oxygen atoms in total. The molecule has 0 aromatic heterocycles. The van der Waals surface area contributed by atoms with Crippen molar-refractivity contribution >= 4 is 35.8 Å². The first-order valence-corrected chi connectivity index (χ1v) is 10.5. The Hall–Kier alpha value is -2.87. The fourth-order valence-corrected chi connectivity index (χ4v) is 3.48. The molecule has 168 valence electrons. The second kappa shape index (κ2) is 13.5. The zero-order valence-corrected chi connectivity index (χ0v) is 20.9. The predicted molar refractivity (Wildman–Crippen MR) is 143 cm³/mol. The molecule has 0 spiro atoms. The number of amides is 1. The molecule has 32 heavy (non-hydrogen) atoms. The summed E-state index contributed by atoms with van der Waals surface area (Å²) in [4.78, 5) is 16.0. The Labute approximate surface area is 207 Å². The fraction of sp³-hybridized carbons (Fsp3) is 0.231. The summed E-state index contributed by atoms with van der Waals surface area (Å²) >= 11 is 0. The van der Waals surface area contributed by atoms with Gasteiger partial charge in [0, 0.05) is 38.7 Å². The molecule has 0 radical (unpaired) electrons. The van der Waals surface area contributed by atoms with E-state index in [9.17, 15) is 4.79 Å². The topological polar surface area (TPSA) is 65.5 Å². The molecule has 0 bridgehead atoms. The maximum atomic E-state index is 11.7. The van der Waals surface area contributed by atoms with Gasteiger partial charge in [0.25, 0.3) is 5.91 Å². The second-order valence-corrected chi connectivity index (χ2v) is 7.38. The Morgan fingerprint density at radius 3 is 2.06 bits per heavy atom. The lowest BCUT2D eigenvalue weighted by Crippen LogP contribution is -2.39. The zero-order valence-electron chi connectivity index (χ0n) is 18.5. The van der Waals surface area contributed by atoms with Crippen LogP contribution < -0.4 is 16.0 Å². The van der Waals surface area contributed by atoms with Crippen molar-refractivity contribution in [2.75, 3.05) is 20.6 Å². The Morgan fingerprint density at radius 2 is 1.47 bits per heavy atom. The first-order chi connectivity index (χ1) is 15.2. The van der Waals surface area contributed by atoms with Gasteiger partial charge < -0.3 is 16.0 Å². The summed E-state index contributed by atoms with van der Waals surface area (Å²) < 4.78 is 0. The van der Waals surface area contributed by atoms with Crippen molar-refractivity contribution in [3.8, 4) is 0 Å². The number of benzene rings is 3. The average Bonchev–Trinajstić information content (AvgIpc) is 2.84. The van der Waals surface area contributed by atoms with Gasteiger partial charge in [0.1, 0.15) is 0 Å². The molecule has 0 aliphatic heterocycles. The summed E-state index contributed by atoms with van der Waals surface area (Å²) in [6.45, 7) is 1.40. The molecule has 3 rings (SSSR count). The molecular weight excluding hydrogens is 511 g/mol. The van der Waals surface area contributed by atoms with E-state index in [1.165, 1.54) is 11.1 Å². The standard InChI is InChI=1S/C26H30N4O.HI/c1-27-25(31)23-15-13-21(14-16-23)18-29-26(28-2)30-19-24(22-11-7-4-8-12-22)17-20-9-5-3-6-10-20;/h3-16,24H,17-19H2,1-2H3,(H,27,31)(H2,28,29,30);1H. The molecule has 3 aromatic rings. The van der Waals surface area contributed by atoms with Crippen LogP contribution >= 0.6 is 24.0 Å². The SMILES string of the molecule is CN=C(NCc1ccc(C(=O)NC)cc1)NCC(Cc1ccccc1)c1ccccc1.I. The van der Waals surface area contributed by atoms with E-state index in [1.807, 2.05) is 36.4 Å². The van der Waals surface area contributed by atoms with Crippen LogP contribution in [0.3, 0.4) is 0 Å². The number of nitrogens with zero attached hydrogens (tertiary/aromatic N) is 1. The molecule has 0 aliphatic carbocycles. The number of aliphatic imine (C=N–C) groups is 1. The number of nitrogens with one attached hydrogen (secondary N) is 3. The second-order valence-electron chi connectivity index (χ2n) is 7.38. The molecule has 0 saturated carbocycles. The minimum Gasteiger partial charge on any atom is -0.356 e. The zero-order chi connectivity index (χ0) is 21.9. The summed E-state index contributed by atoms with van der Waals surface area (Å²) in [5.74, 6) is 1.00. The molecule has 1 atom stereocenters. The van der Waals surface area contributed by atoms with Gasteiger partial charge in [0.2, 0.25) is 0 Å². The maximum absolute atomic E-state index is 11.7. The average molecular weight is 542 g/mol. The molecule has 0 saturated heterocycles. The van der Waals surface area contributed by atoms with Crippen molar-refractivity contribution in [1.82, 2.24) is 16.0 Å². The van der Waals surface area contributed by atoms with Crippen LogP contribution in [0.4, 0.5) is 0 Å². The van der Waals surface area contributed by atoms with Crippen molar-refractivity contribution in [2.45, 2.75) is 18.9 Å². The third-order valence-corrected chi connectivity index (χ3v) is 5.24. The fourth-order valence-electron chi connectivity index (χ4n) is 3.48. The van der Waals surface area contributed by atoms with Crippen LogP contribution in [0.5, 0.6) is 0 Å². The van der Waals surface area contributed by atoms with E-state index in [-0.39, 0.29) is 29.9 Å². The summed E-state index contributed by atoms with van der Waals surface area (Å²) in [5.41, 5.74) is 4.36. The highest BCUT2D eigenvalue weighted by Crippen LogP contribution is 2.20. The number of carbonyl (C=O) groups is 1. The normalized spacial score (nSPS) is 11.8. The van der Waals surface area contributed by atoms with Gasteiger partial charge in [-0.2, -0.15) is 0 Å². The largest absolute Gasteiger partial charge is 0.356 e. The summed E-state index contributed by atoms with van der Waals surface area (Å²) in [6, 6.07) is 28.7. The summed E-state index contributed by atoms with van der Waals surface area (Å²) in [6.07, 6.45) is 0.954. The van der Waals surface area contributed by atoms with E-state index < -0.39 is 0 Å². The third kappa shape index (κ3) is 7.67. The van der Waals surface area contributed by atoms with Crippen LogP contribution in [-0.2, 0) is 13.0 Å². The highest BCUT2D eigenvalue weighted by Gasteiger charge is 2.13. The summed E-state index contributed by atoms with van der Waals surface area (Å²) in [7, 11) is 3.41. The highest BCUT2D eigenvalue weighted by molar-refractivity contribution is 14.0. The van der Waals surface area contributed by atoms with Gasteiger partial charge in [0.05, 0.1) is 0 Å². The first kappa shape index (κ1) is 25.4. The Bertz CT molecular complexity index is 976. The molecule has 0 heterocycles. The lowest BCUT2D eigenvalue weighted by molar-refractivity contribution is 0.0963. The van der Waals surface area contributed by atoms with Gasteiger partial charge in [-0.15, -0.1) is 24.0 Å². The maximum Gasteiger partial charge on any atom is 0.251 e. The molecule has 3 aromatic carbocycles. The third-order valence-electron chi connectivity index (χ3n) is 5.24. The van der Waals surface area contributed by atoms with Gasteiger partial charge in [-0.3, -0.25) is 9.79 Å². The van der Waals surface area contributed by atoms with Crippen LogP contribution in [0.25, 0.3) is 0 Å².